The van der Waals surface area contributed by atoms with Gasteiger partial charge in [0.2, 0.25) is 5.13 Å². The van der Waals surface area contributed by atoms with E-state index in [4.69, 9.17) is 14.5 Å². The number of rotatable bonds is 8. The van der Waals surface area contributed by atoms with Crippen LogP contribution in [0.25, 0.3) is 0 Å². The fraction of sp³-hybridized carbons (Fsp3) is 0.375. The minimum atomic E-state index is -0.0869. The van der Waals surface area contributed by atoms with Crippen LogP contribution in [-0.2, 0) is 6.42 Å². The Kier molecular flexibility index (Phi) is 7.21. The maximum absolute atomic E-state index is 12.5. The second kappa shape index (κ2) is 10.5. The Labute approximate surface area is 192 Å². The van der Waals surface area contributed by atoms with E-state index in [0.717, 1.165) is 48.2 Å². The number of ether oxygens (including phenoxy) is 2. The molecule has 0 unspecified atom stereocenters. The average Bonchev–Trinajstić information content (AvgIpc) is 3.31. The Bertz CT molecular complexity index is 1050. The minimum absolute atomic E-state index is 0.0869. The van der Waals surface area contributed by atoms with E-state index in [1.54, 1.807) is 26.4 Å². The summed E-state index contributed by atoms with van der Waals surface area (Å²) in [5, 5.41) is 4.04. The fourth-order valence-electron chi connectivity index (χ4n) is 3.90. The van der Waals surface area contributed by atoms with Crippen molar-refractivity contribution in [3.63, 3.8) is 0 Å². The van der Waals surface area contributed by atoms with Crippen LogP contribution >= 0.6 is 11.5 Å². The highest BCUT2D eigenvalue weighted by molar-refractivity contribution is 7.09. The number of benzene rings is 2. The summed E-state index contributed by atoms with van der Waals surface area (Å²) in [6.45, 7) is 2.51. The number of nitrogens with one attached hydrogen (secondary N) is 1. The lowest BCUT2D eigenvalue weighted by atomic mass is 9.97. The van der Waals surface area contributed by atoms with E-state index in [2.05, 4.69) is 20.7 Å². The second-order valence-corrected chi connectivity index (χ2v) is 8.59. The van der Waals surface area contributed by atoms with Gasteiger partial charge in [-0.1, -0.05) is 24.3 Å². The average molecular weight is 453 g/mol. The molecule has 1 aliphatic heterocycles. The molecule has 0 spiro atoms. The van der Waals surface area contributed by atoms with Crippen LogP contribution in [0.4, 0.5) is 5.13 Å². The maximum Gasteiger partial charge on any atom is 0.255 e. The highest BCUT2D eigenvalue weighted by atomic mass is 32.1. The molecular weight excluding hydrogens is 424 g/mol. The summed E-state index contributed by atoms with van der Waals surface area (Å²) < 4.78 is 15.1. The molecule has 0 saturated carbocycles. The number of piperidine rings is 1. The predicted molar refractivity (Wildman–Crippen MR) is 126 cm³/mol. The summed E-state index contributed by atoms with van der Waals surface area (Å²) in [6, 6.07) is 15.3. The molecule has 0 atom stereocenters. The fourth-order valence-corrected chi connectivity index (χ4v) is 4.64. The van der Waals surface area contributed by atoms with Crippen LogP contribution in [0.15, 0.2) is 48.5 Å². The summed E-state index contributed by atoms with van der Waals surface area (Å²) in [4.78, 5) is 19.6. The summed E-state index contributed by atoms with van der Waals surface area (Å²) in [5.41, 5.74) is 1.71. The number of nitrogens with zero attached hydrogens (tertiary/aromatic N) is 3. The topological polar surface area (TPSA) is 76.6 Å². The number of carbonyl (C=O) groups is 1. The zero-order chi connectivity index (χ0) is 22.3. The summed E-state index contributed by atoms with van der Waals surface area (Å²) in [7, 11) is 3.25. The lowest BCUT2D eigenvalue weighted by Crippen LogP contribution is -2.38. The van der Waals surface area contributed by atoms with E-state index in [1.807, 2.05) is 30.3 Å². The number of hydrogen-bond acceptors (Lipinski definition) is 7. The number of hydrogen-bond donors (Lipinski definition) is 1. The Hall–Kier alpha value is -3.13. The summed E-state index contributed by atoms with van der Waals surface area (Å²) in [5.74, 6) is 2.65. The molecule has 1 aliphatic rings. The van der Waals surface area contributed by atoms with Crippen molar-refractivity contribution in [3.05, 3.63) is 65.5 Å². The van der Waals surface area contributed by atoms with Gasteiger partial charge in [0.25, 0.3) is 5.91 Å². The summed E-state index contributed by atoms with van der Waals surface area (Å²) >= 11 is 1.46. The largest absolute Gasteiger partial charge is 0.497 e. The van der Waals surface area contributed by atoms with Crippen molar-refractivity contribution in [1.82, 2.24) is 14.7 Å². The molecule has 2 aromatic carbocycles. The van der Waals surface area contributed by atoms with Crippen LogP contribution in [0.1, 0.15) is 34.6 Å². The highest BCUT2D eigenvalue weighted by Gasteiger charge is 2.23. The van der Waals surface area contributed by atoms with E-state index in [-0.39, 0.29) is 5.91 Å². The standard InChI is InChI=1S/C24H28N4O3S/c1-30-19-7-5-6-18(14-19)15-22-26-24(32-27-22)28-12-10-17(11-13-28)16-25-23(29)20-8-3-4-9-21(20)31-2/h3-9,14,17H,10-13,15-16H2,1-2H3,(H,25,29). The van der Waals surface area contributed by atoms with Crippen LogP contribution < -0.4 is 19.7 Å². The van der Waals surface area contributed by atoms with Gasteiger partial charge in [0, 0.05) is 37.6 Å². The number of carbonyl (C=O) groups excluding carboxylic acids is 1. The van der Waals surface area contributed by atoms with Crippen molar-refractivity contribution in [2.24, 2.45) is 5.92 Å². The number of anilines is 1. The normalized spacial score (nSPS) is 14.2. The third-order valence-corrected chi connectivity index (χ3v) is 6.56. The SMILES string of the molecule is COc1cccc(Cc2nsc(N3CCC(CNC(=O)c4ccccc4OC)CC3)n2)c1. The van der Waals surface area contributed by atoms with Crippen molar-refractivity contribution in [2.45, 2.75) is 19.3 Å². The zero-order valence-corrected chi connectivity index (χ0v) is 19.2. The molecule has 1 saturated heterocycles. The van der Waals surface area contributed by atoms with Crippen molar-refractivity contribution in [1.29, 1.82) is 0 Å². The molecule has 7 nitrogen and oxygen atoms in total. The molecule has 0 aliphatic carbocycles. The first kappa shape index (κ1) is 22.1. The van der Waals surface area contributed by atoms with Gasteiger partial charge < -0.3 is 19.7 Å². The molecule has 3 aromatic rings. The van der Waals surface area contributed by atoms with Crippen molar-refractivity contribution < 1.29 is 14.3 Å². The first-order valence-electron chi connectivity index (χ1n) is 10.8. The second-order valence-electron chi connectivity index (χ2n) is 7.86. The third kappa shape index (κ3) is 5.37. The van der Waals surface area contributed by atoms with Gasteiger partial charge in [0.05, 0.1) is 19.8 Å². The van der Waals surface area contributed by atoms with Gasteiger partial charge in [-0.3, -0.25) is 4.79 Å². The van der Waals surface area contributed by atoms with E-state index >= 15 is 0 Å². The Balaban J connectivity index is 1.26. The molecule has 8 heteroatoms. The van der Waals surface area contributed by atoms with Crippen LogP contribution in [0.2, 0.25) is 0 Å². The molecule has 1 fully saturated rings. The van der Waals surface area contributed by atoms with Gasteiger partial charge in [-0.15, -0.1) is 0 Å². The quantitative estimate of drug-likeness (QED) is 0.560. The van der Waals surface area contributed by atoms with Gasteiger partial charge in [-0.2, -0.15) is 4.37 Å². The number of para-hydroxylation sites is 1. The predicted octanol–water partition coefficient (Wildman–Crippen LogP) is 3.79. The maximum atomic E-state index is 12.5. The van der Waals surface area contributed by atoms with E-state index < -0.39 is 0 Å². The van der Waals surface area contributed by atoms with Gasteiger partial charge >= 0.3 is 0 Å². The Morgan fingerprint density at radius 1 is 1.12 bits per heavy atom. The van der Waals surface area contributed by atoms with Crippen LogP contribution in [0.3, 0.4) is 0 Å². The van der Waals surface area contributed by atoms with Gasteiger partial charge in [-0.05, 0) is 48.6 Å². The number of methoxy groups -OCH3 is 2. The molecule has 1 amide bonds. The van der Waals surface area contributed by atoms with Gasteiger partial charge in [-0.25, -0.2) is 4.98 Å². The van der Waals surface area contributed by atoms with Crippen LogP contribution in [0.5, 0.6) is 11.5 Å². The molecule has 168 valence electrons. The Morgan fingerprint density at radius 2 is 1.94 bits per heavy atom. The summed E-state index contributed by atoms with van der Waals surface area (Å²) in [6.07, 6.45) is 2.72. The van der Waals surface area contributed by atoms with Crippen LogP contribution in [-0.4, -0.2) is 49.1 Å². The first-order chi connectivity index (χ1) is 15.7. The number of aromatic nitrogens is 2. The van der Waals surface area contributed by atoms with Crippen LogP contribution in [0, 0.1) is 5.92 Å². The Morgan fingerprint density at radius 3 is 2.72 bits per heavy atom. The molecule has 4 rings (SSSR count). The lowest BCUT2D eigenvalue weighted by Gasteiger charge is -2.31. The van der Waals surface area contributed by atoms with Crippen molar-refractivity contribution in [2.75, 3.05) is 38.8 Å². The van der Waals surface area contributed by atoms with E-state index in [9.17, 15) is 4.79 Å². The molecule has 0 radical (unpaired) electrons. The molecule has 1 aromatic heterocycles. The van der Waals surface area contributed by atoms with Crippen molar-refractivity contribution in [3.8, 4) is 11.5 Å². The molecule has 32 heavy (non-hydrogen) atoms. The molecular formula is C24H28N4O3S. The molecule has 1 N–H and O–H groups in total. The highest BCUT2D eigenvalue weighted by Crippen LogP contribution is 2.26. The van der Waals surface area contributed by atoms with Gasteiger partial charge in [0.1, 0.15) is 17.3 Å². The monoisotopic (exact) mass is 452 g/mol. The van der Waals surface area contributed by atoms with E-state index in [1.165, 1.54) is 11.5 Å². The van der Waals surface area contributed by atoms with E-state index in [0.29, 0.717) is 30.2 Å². The first-order valence-corrected chi connectivity index (χ1v) is 11.5. The lowest BCUT2D eigenvalue weighted by molar-refractivity contribution is 0.0942. The zero-order valence-electron chi connectivity index (χ0n) is 18.4. The smallest absolute Gasteiger partial charge is 0.255 e. The molecule has 0 bridgehead atoms. The third-order valence-electron chi connectivity index (χ3n) is 5.74. The molecule has 2 heterocycles. The van der Waals surface area contributed by atoms with Gasteiger partial charge in [0.15, 0.2) is 0 Å². The number of amides is 1. The minimum Gasteiger partial charge on any atom is -0.497 e. The van der Waals surface area contributed by atoms with Crippen molar-refractivity contribution >= 4 is 22.6 Å².